The van der Waals surface area contributed by atoms with Gasteiger partial charge in [-0.1, -0.05) is 23.8 Å². The minimum atomic E-state index is -0.875. The van der Waals surface area contributed by atoms with Crippen LogP contribution >= 0.6 is 0 Å². The first-order chi connectivity index (χ1) is 14.9. The number of β-amino-alcohol motifs (C(OH)–C–C–N with tert-alkyl or cyclic N) is 1. The third-order valence-corrected chi connectivity index (χ3v) is 7.93. The van der Waals surface area contributed by atoms with Gasteiger partial charge in [-0.15, -0.1) is 0 Å². The van der Waals surface area contributed by atoms with Gasteiger partial charge in [-0.25, -0.2) is 0 Å². The lowest BCUT2D eigenvalue weighted by molar-refractivity contribution is -0.104. The summed E-state index contributed by atoms with van der Waals surface area (Å²) >= 11 is 0. The summed E-state index contributed by atoms with van der Waals surface area (Å²) in [6.07, 6.45) is 4.85. The molecule has 1 aliphatic heterocycles. The van der Waals surface area contributed by atoms with Crippen LogP contribution in [0.2, 0.25) is 0 Å². The Balaban J connectivity index is 1.48. The number of piperidine rings is 1. The van der Waals surface area contributed by atoms with E-state index in [1.807, 2.05) is 12.1 Å². The van der Waals surface area contributed by atoms with Gasteiger partial charge in [0.2, 0.25) is 0 Å². The number of pyridine rings is 1. The average Bonchev–Trinajstić information content (AvgIpc) is 3.54. The third kappa shape index (κ3) is 3.16. The number of rotatable bonds is 3. The van der Waals surface area contributed by atoms with Crippen molar-refractivity contribution in [3.05, 3.63) is 70.9 Å². The molecule has 0 unspecified atom stereocenters. The molecule has 4 heteroatoms. The van der Waals surface area contributed by atoms with E-state index < -0.39 is 11.0 Å². The number of phenols is 1. The van der Waals surface area contributed by atoms with Gasteiger partial charge in [0.1, 0.15) is 5.75 Å². The van der Waals surface area contributed by atoms with E-state index in [9.17, 15) is 10.2 Å². The fraction of sp³-hybridized carbons (Fsp3) is 0.444. The zero-order valence-corrected chi connectivity index (χ0v) is 18.1. The number of fused-ring (bicyclic) bond motifs is 3. The van der Waals surface area contributed by atoms with Gasteiger partial charge in [-0.3, -0.25) is 4.98 Å². The predicted octanol–water partition coefficient (Wildman–Crippen LogP) is 4.13. The number of aliphatic hydroxyl groups is 1. The van der Waals surface area contributed by atoms with Crippen molar-refractivity contribution in [2.75, 3.05) is 19.6 Å². The van der Waals surface area contributed by atoms with Crippen LogP contribution in [0, 0.1) is 12.8 Å². The number of hydrogen-bond donors (Lipinski definition) is 2. The topological polar surface area (TPSA) is 56.6 Å². The first-order valence-corrected chi connectivity index (χ1v) is 11.6. The number of benzene rings is 2. The van der Waals surface area contributed by atoms with Gasteiger partial charge < -0.3 is 15.1 Å². The molecule has 3 aromatic rings. The summed E-state index contributed by atoms with van der Waals surface area (Å²) in [6.45, 7) is 4.87. The molecule has 0 spiro atoms. The molecule has 0 amide bonds. The molecule has 2 atom stereocenters. The third-order valence-electron chi connectivity index (χ3n) is 7.93. The summed E-state index contributed by atoms with van der Waals surface area (Å²) in [5.74, 6) is 1.07. The standard InChI is InChI=1S/C27H30N2O2/c1-18-5-8-24-20(11-18)12-21-14-27(31)17-29(16-19-6-7-19)10-9-26(27,15-25(21)28-24)22-3-2-4-23(30)13-22/h2-5,8,11-13,19,30-31H,6-7,9-10,14-17H2,1H3/t26-,27-/m0/s1. The van der Waals surface area contributed by atoms with Crippen LogP contribution in [0.15, 0.2) is 48.5 Å². The molecule has 2 N–H and O–H groups in total. The van der Waals surface area contributed by atoms with Gasteiger partial charge in [-0.05, 0) is 80.1 Å². The molecule has 2 heterocycles. The lowest BCUT2D eigenvalue weighted by Crippen LogP contribution is -2.66. The largest absolute Gasteiger partial charge is 0.508 e. The number of likely N-dealkylation sites (tertiary alicyclic amines) is 1. The number of phenolic OH excluding ortho intramolecular Hbond substituents is 1. The second-order valence-electron chi connectivity index (χ2n) is 10.2. The molecule has 0 bridgehead atoms. The van der Waals surface area contributed by atoms with Crippen molar-refractivity contribution in [2.24, 2.45) is 5.92 Å². The Hall–Kier alpha value is -2.43. The van der Waals surface area contributed by atoms with Crippen molar-refractivity contribution in [1.29, 1.82) is 0 Å². The molecule has 160 valence electrons. The van der Waals surface area contributed by atoms with Crippen molar-refractivity contribution in [1.82, 2.24) is 9.88 Å². The summed E-state index contributed by atoms with van der Waals surface area (Å²) in [7, 11) is 0. The number of aromatic hydroxyl groups is 1. The van der Waals surface area contributed by atoms with Crippen molar-refractivity contribution in [2.45, 2.75) is 50.0 Å². The van der Waals surface area contributed by atoms with Crippen LogP contribution in [0.1, 0.15) is 41.6 Å². The summed E-state index contributed by atoms with van der Waals surface area (Å²) in [6, 6.07) is 16.2. The van der Waals surface area contributed by atoms with Crippen molar-refractivity contribution < 1.29 is 10.2 Å². The number of hydrogen-bond acceptors (Lipinski definition) is 4. The van der Waals surface area contributed by atoms with Crippen LogP contribution in [-0.4, -0.2) is 45.3 Å². The van der Waals surface area contributed by atoms with Crippen LogP contribution in [0.3, 0.4) is 0 Å². The van der Waals surface area contributed by atoms with E-state index in [0.717, 1.165) is 47.6 Å². The van der Waals surface area contributed by atoms with E-state index in [1.54, 1.807) is 6.07 Å². The second kappa shape index (κ2) is 6.78. The van der Waals surface area contributed by atoms with Crippen LogP contribution in [-0.2, 0) is 18.3 Å². The molecule has 0 radical (unpaired) electrons. The molecular weight excluding hydrogens is 384 g/mol. The van der Waals surface area contributed by atoms with Gasteiger partial charge in [0.05, 0.1) is 11.1 Å². The fourth-order valence-electron chi connectivity index (χ4n) is 6.09. The Morgan fingerprint density at radius 2 is 1.97 bits per heavy atom. The lowest BCUT2D eigenvalue weighted by Gasteiger charge is -2.56. The van der Waals surface area contributed by atoms with E-state index >= 15 is 0 Å². The smallest absolute Gasteiger partial charge is 0.115 e. The average molecular weight is 415 g/mol. The zero-order chi connectivity index (χ0) is 21.2. The number of nitrogens with zero attached hydrogens (tertiary/aromatic N) is 2. The second-order valence-corrected chi connectivity index (χ2v) is 10.2. The predicted molar refractivity (Wildman–Crippen MR) is 122 cm³/mol. The van der Waals surface area contributed by atoms with Crippen molar-refractivity contribution in [3.8, 4) is 5.75 Å². The summed E-state index contributed by atoms with van der Waals surface area (Å²) < 4.78 is 0. The van der Waals surface area contributed by atoms with Crippen LogP contribution in [0.5, 0.6) is 5.75 Å². The van der Waals surface area contributed by atoms with E-state index in [4.69, 9.17) is 4.98 Å². The molecule has 6 rings (SSSR count). The van der Waals surface area contributed by atoms with Crippen molar-refractivity contribution >= 4 is 10.9 Å². The highest BCUT2D eigenvalue weighted by molar-refractivity contribution is 5.80. The van der Waals surface area contributed by atoms with Gasteiger partial charge in [0, 0.05) is 42.4 Å². The summed E-state index contributed by atoms with van der Waals surface area (Å²) in [5, 5.41) is 23.7. The summed E-state index contributed by atoms with van der Waals surface area (Å²) in [4.78, 5) is 7.54. The van der Waals surface area contributed by atoms with Gasteiger partial charge in [-0.2, -0.15) is 0 Å². The molecular formula is C27H30N2O2. The molecule has 2 aliphatic carbocycles. The Morgan fingerprint density at radius 1 is 1.10 bits per heavy atom. The summed E-state index contributed by atoms with van der Waals surface area (Å²) in [5.41, 5.74) is 4.25. The number of aryl methyl sites for hydroxylation is 1. The maximum Gasteiger partial charge on any atom is 0.115 e. The van der Waals surface area contributed by atoms with Gasteiger partial charge in [0.25, 0.3) is 0 Å². The van der Waals surface area contributed by atoms with Crippen LogP contribution < -0.4 is 0 Å². The van der Waals surface area contributed by atoms with Crippen molar-refractivity contribution in [3.63, 3.8) is 0 Å². The molecule has 31 heavy (non-hydrogen) atoms. The minimum absolute atomic E-state index is 0.266. The Labute approximate surface area is 183 Å². The monoisotopic (exact) mass is 414 g/mol. The normalized spacial score (nSPS) is 28.3. The SMILES string of the molecule is Cc1ccc2nc3c(cc2c1)C[C@]1(O)CN(CC2CC2)CC[C@@]1(c1cccc(O)c1)C3. The van der Waals surface area contributed by atoms with Crippen LogP contribution in [0.4, 0.5) is 0 Å². The van der Waals surface area contributed by atoms with Gasteiger partial charge >= 0.3 is 0 Å². The minimum Gasteiger partial charge on any atom is -0.508 e. The zero-order valence-electron chi connectivity index (χ0n) is 18.1. The highest BCUT2D eigenvalue weighted by Crippen LogP contribution is 2.51. The molecule has 1 saturated carbocycles. The van der Waals surface area contributed by atoms with E-state index in [0.29, 0.717) is 19.4 Å². The maximum absolute atomic E-state index is 12.3. The molecule has 1 saturated heterocycles. The highest BCUT2D eigenvalue weighted by Gasteiger charge is 2.57. The van der Waals surface area contributed by atoms with E-state index in [1.165, 1.54) is 24.0 Å². The Kier molecular flexibility index (Phi) is 4.22. The Bertz CT molecular complexity index is 1170. The molecule has 3 aliphatic rings. The number of aromatic nitrogens is 1. The first kappa shape index (κ1) is 19.3. The van der Waals surface area contributed by atoms with E-state index in [-0.39, 0.29) is 5.75 Å². The fourth-order valence-corrected chi connectivity index (χ4v) is 6.09. The van der Waals surface area contributed by atoms with E-state index in [2.05, 4.69) is 42.2 Å². The molecule has 1 aromatic heterocycles. The molecule has 4 nitrogen and oxygen atoms in total. The Morgan fingerprint density at radius 3 is 2.77 bits per heavy atom. The highest BCUT2D eigenvalue weighted by atomic mass is 16.3. The molecule has 2 fully saturated rings. The quantitative estimate of drug-likeness (QED) is 0.677. The first-order valence-electron chi connectivity index (χ1n) is 11.6. The lowest BCUT2D eigenvalue weighted by atomic mass is 9.56. The maximum atomic E-state index is 12.3. The van der Waals surface area contributed by atoms with Crippen LogP contribution in [0.25, 0.3) is 10.9 Å². The van der Waals surface area contributed by atoms with Gasteiger partial charge in [0.15, 0.2) is 0 Å². The molecule has 2 aromatic carbocycles.